The van der Waals surface area contributed by atoms with Crippen molar-refractivity contribution in [3.63, 3.8) is 0 Å². The number of rotatable bonds is 7. The summed E-state index contributed by atoms with van der Waals surface area (Å²) in [5.74, 6) is 1.25. The van der Waals surface area contributed by atoms with E-state index in [0.717, 1.165) is 22.9 Å². The van der Waals surface area contributed by atoms with Crippen molar-refractivity contribution in [1.29, 1.82) is 0 Å². The van der Waals surface area contributed by atoms with Crippen molar-refractivity contribution in [2.75, 3.05) is 30.9 Å². The van der Waals surface area contributed by atoms with Gasteiger partial charge in [0.25, 0.3) is 0 Å². The van der Waals surface area contributed by atoms with Crippen molar-refractivity contribution >= 4 is 17.3 Å². The summed E-state index contributed by atoms with van der Waals surface area (Å²) in [6.07, 6.45) is 0. The Bertz CT molecular complexity index is 669. The SMILES string of the molecule is CCOC(=O)C(C)Nc1ccc(Oc2cccc(N(C)C)c2)cc1. The van der Waals surface area contributed by atoms with Crippen LogP contribution in [0.25, 0.3) is 0 Å². The standard InChI is InChI=1S/C19H24N2O3/c1-5-23-19(22)14(2)20-15-9-11-17(12-10-15)24-18-8-6-7-16(13-18)21(3)4/h6-14,20H,5H2,1-4H3. The first kappa shape index (κ1) is 17.7. The smallest absolute Gasteiger partial charge is 0.328 e. The van der Waals surface area contributed by atoms with Crippen LogP contribution in [0.15, 0.2) is 48.5 Å². The van der Waals surface area contributed by atoms with Crippen LogP contribution in [0.1, 0.15) is 13.8 Å². The number of hydrogen-bond donors (Lipinski definition) is 1. The predicted octanol–water partition coefficient (Wildman–Crippen LogP) is 3.91. The van der Waals surface area contributed by atoms with E-state index in [0.29, 0.717) is 6.61 Å². The third kappa shape index (κ3) is 4.91. The van der Waals surface area contributed by atoms with E-state index in [1.54, 1.807) is 13.8 Å². The first-order valence-corrected chi connectivity index (χ1v) is 7.98. The van der Waals surface area contributed by atoms with Gasteiger partial charge in [-0.25, -0.2) is 4.79 Å². The second-order valence-corrected chi connectivity index (χ2v) is 5.64. The minimum absolute atomic E-state index is 0.265. The minimum Gasteiger partial charge on any atom is -0.464 e. The van der Waals surface area contributed by atoms with Gasteiger partial charge in [-0.15, -0.1) is 0 Å². The van der Waals surface area contributed by atoms with Crippen molar-refractivity contribution in [2.24, 2.45) is 0 Å². The lowest BCUT2D eigenvalue weighted by atomic mass is 10.2. The zero-order valence-corrected chi connectivity index (χ0v) is 14.6. The van der Waals surface area contributed by atoms with E-state index in [4.69, 9.17) is 9.47 Å². The number of benzene rings is 2. The number of nitrogens with one attached hydrogen (secondary N) is 1. The van der Waals surface area contributed by atoms with Gasteiger partial charge < -0.3 is 19.7 Å². The highest BCUT2D eigenvalue weighted by Crippen LogP contribution is 2.26. The number of hydrogen-bond acceptors (Lipinski definition) is 5. The number of carbonyl (C=O) groups is 1. The van der Waals surface area contributed by atoms with Crippen molar-refractivity contribution in [3.05, 3.63) is 48.5 Å². The summed E-state index contributed by atoms with van der Waals surface area (Å²) >= 11 is 0. The van der Waals surface area contributed by atoms with Gasteiger partial charge in [0.2, 0.25) is 0 Å². The molecule has 0 heterocycles. The topological polar surface area (TPSA) is 50.8 Å². The molecular weight excluding hydrogens is 304 g/mol. The van der Waals surface area contributed by atoms with Crippen molar-refractivity contribution < 1.29 is 14.3 Å². The van der Waals surface area contributed by atoms with Gasteiger partial charge in [0, 0.05) is 31.5 Å². The van der Waals surface area contributed by atoms with Gasteiger partial charge in [-0.3, -0.25) is 0 Å². The van der Waals surface area contributed by atoms with Gasteiger partial charge in [-0.2, -0.15) is 0 Å². The largest absolute Gasteiger partial charge is 0.464 e. The minimum atomic E-state index is -0.395. The molecule has 0 aliphatic rings. The molecule has 5 nitrogen and oxygen atoms in total. The number of ether oxygens (including phenoxy) is 2. The van der Waals surface area contributed by atoms with E-state index < -0.39 is 6.04 Å². The molecule has 1 N–H and O–H groups in total. The molecular formula is C19H24N2O3. The molecule has 0 aromatic heterocycles. The molecule has 0 amide bonds. The molecule has 2 aromatic carbocycles. The molecule has 0 saturated heterocycles. The van der Waals surface area contributed by atoms with E-state index >= 15 is 0 Å². The maximum absolute atomic E-state index is 11.6. The molecule has 2 rings (SSSR count). The van der Waals surface area contributed by atoms with E-state index in [2.05, 4.69) is 5.32 Å². The Kier molecular flexibility index (Phi) is 6.07. The number of anilines is 2. The van der Waals surface area contributed by atoms with Crippen LogP contribution in [0.3, 0.4) is 0 Å². The van der Waals surface area contributed by atoms with E-state index in [1.165, 1.54) is 0 Å². The van der Waals surface area contributed by atoms with Gasteiger partial charge >= 0.3 is 5.97 Å². The molecule has 0 bridgehead atoms. The maximum atomic E-state index is 11.6. The van der Waals surface area contributed by atoms with Gasteiger partial charge in [0.05, 0.1) is 6.61 Å². The molecule has 128 valence electrons. The maximum Gasteiger partial charge on any atom is 0.328 e. The molecule has 1 unspecified atom stereocenters. The highest BCUT2D eigenvalue weighted by molar-refractivity contribution is 5.78. The Morgan fingerprint density at radius 2 is 1.83 bits per heavy atom. The molecule has 24 heavy (non-hydrogen) atoms. The van der Waals surface area contributed by atoms with Crippen LogP contribution >= 0.6 is 0 Å². The molecule has 0 spiro atoms. The zero-order valence-electron chi connectivity index (χ0n) is 14.6. The summed E-state index contributed by atoms with van der Waals surface area (Å²) in [4.78, 5) is 13.7. The van der Waals surface area contributed by atoms with Crippen LogP contribution in [-0.4, -0.2) is 32.7 Å². The predicted molar refractivity (Wildman–Crippen MR) is 97.0 cm³/mol. The lowest BCUT2D eigenvalue weighted by Gasteiger charge is -2.15. The fourth-order valence-corrected chi connectivity index (χ4v) is 2.16. The molecule has 0 fully saturated rings. The van der Waals surface area contributed by atoms with Crippen LogP contribution in [0.2, 0.25) is 0 Å². The average Bonchev–Trinajstić information content (AvgIpc) is 2.57. The van der Waals surface area contributed by atoms with Crippen molar-refractivity contribution in [3.8, 4) is 11.5 Å². The first-order valence-electron chi connectivity index (χ1n) is 7.98. The van der Waals surface area contributed by atoms with Crippen molar-refractivity contribution in [2.45, 2.75) is 19.9 Å². The second-order valence-electron chi connectivity index (χ2n) is 5.64. The third-order valence-corrected chi connectivity index (χ3v) is 3.45. The van der Waals surface area contributed by atoms with Crippen molar-refractivity contribution in [1.82, 2.24) is 0 Å². The third-order valence-electron chi connectivity index (χ3n) is 3.45. The molecule has 0 aliphatic carbocycles. The molecule has 5 heteroatoms. The first-order chi connectivity index (χ1) is 11.5. The van der Waals surface area contributed by atoms with Crippen LogP contribution in [-0.2, 0) is 9.53 Å². The highest BCUT2D eigenvalue weighted by Gasteiger charge is 2.13. The van der Waals surface area contributed by atoms with Gasteiger partial charge in [0.1, 0.15) is 17.5 Å². The quantitative estimate of drug-likeness (QED) is 0.781. The Morgan fingerprint density at radius 1 is 1.12 bits per heavy atom. The van der Waals surface area contributed by atoms with E-state index in [9.17, 15) is 4.79 Å². The van der Waals surface area contributed by atoms with Crippen LogP contribution in [0.5, 0.6) is 11.5 Å². The highest BCUT2D eigenvalue weighted by atomic mass is 16.5. The number of esters is 1. The number of nitrogens with zero attached hydrogens (tertiary/aromatic N) is 1. The molecule has 0 saturated carbocycles. The van der Waals surface area contributed by atoms with Gasteiger partial charge in [-0.05, 0) is 50.2 Å². The van der Waals surface area contributed by atoms with Crippen LogP contribution < -0.4 is 15.0 Å². The van der Waals surface area contributed by atoms with Crippen LogP contribution in [0.4, 0.5) is 11.4 Å². The van der Waals surface area contributed by atoms with E-state index in [1.807, 2.05) is 67.5 Å². The molecule has 0 aliphatic heterocycles. The van der Waals surface area contributed by atoms with Crippen LogP contribution in [0, 0.1) is 0 Å². The second kappa shape index (κ2) is 8.24. The normalized spacial score (nSPS) is 11.5. The Morgan fingerprint density at radius 3 is 2.46 bits per heavy atom. The summed E-state index contributed by atoms with van der Waals surface area (Å²) in [5, 5.41) is 3.10. The summed E-state index contributed by atoms with van der Waals surface area (Å²) in [7, 11) is 3.98. The van der Waals surface area contributed by atoms with Gasteiger partial charge in [-0.1, -0.05) is 6.07 Å². The summed E-state index contributed by atoms with van der Waals surface area (Å²) in [6, 6.07) is 15.0. The zero-order chi connectivity index (χ0) is 17.5. The lowest BCUT2D eigenvalue weighted by molar-refractivity contribution is -0.143. The Balaban J connectivity index is 1.99. The fraction of sp³-hybridized carbons (Fsp3) is 0.316. The Labute approximate surface area is 143 Å². The van der Waals surface area contributed by atoms with E-state index in [-0.39, 0.29) is 5.97 Å². The summed E-state index contributed by atoms with van der Waals surface area (Å²) in [5.41, 5.74) is 1.92. The summed E-state index contributed by atoms with van der Waals surface area (Å²) in [6.45, 7) is 3.95. The molecule has 0 radical (unpaired) electrons. The fourth-order valence-electron chi connectivity index (χ4n) is 2.16. The molecule has 2 aromatic rings. The lowest BCUT2D eigenvalue weighted by Crippen LogP contribution is -2.28. The molecule has 1 atom stereocenters. The van der Waals surface area contributed by atoms with Gasteiger partial charge in [0.15, 0.2) is 0 Å². The Hall–Kier alpha value is -2.69. The average molecular weight is 328 g/mol. The number of carbonyl (C=O) groups excluding carboxylic acids is 1. The summed E-state index contributed by atoms with van der Waals surface area (Å²) < 4.78 is 10.8. The monoisotopic (exact) mass is 328 g/mol.